The van der Waals surface area contributed by atoms with Crippen LogP contribution in [0.4, 0.5) is 0 Å². The second-order valence-corrected chi connectivity index (χ2v) is 5.13. The number of carbonyl (C=O) groups excluding carboxylic acids is 2. The quantitative estimate of drug-likeness (QED) is 0.477. The molecule has 2 aromatic rings. The maximum atomic E-state index is 12.1. The van der Waals surface area contributed by atoms with Gasteiger partial charge in [0.2, 0.25) is 0 Å². The van der Waals surface area contributed by atoms with Crippen LogP contribution in [0.15, 0.2) is 48.5 Å². The van der Waals surface area contributed by atoms with Crippen LogP contribution >= 0.6 is 0 Å². The number of hydrogen-bond acceptors (Lipinski definition) is 4. The SMILES string of the molecule is CC(=O)c1ccccc1OC(=O)c1ccc(OC(C)C)cc1. The number of rotatable bonds is 5. The summed E-state index contributed by atoms with van der Waals surface area (Å²) in [4.78, 5) is 23.7. The van der Waals surface area contributed by atoms with E-state index in [9.17, 15) is 9.59 Å². The summed E-state index contributed by atoms with van der Waals surface area (Å²) in [5.74, 6) is 0.298. The topological polar surface area (TPSA) is 52.6 Å². The van der Waals surface area contributed by atoms with Crippen molar-refractivity contribution in [1.82, 2.24) is 0 Å². The van der Waals surface area contributed by atoms with Crippen LogP contribution in [-0.4, -0.2) is 17.9 Å². The molecule has 0 bridgehead atoms. The summed E-state index contributed by atoms with van der Waals surface area (Å²) < 4.78 is 10.8. The molecule has 0 radical (unpaired) electrons. The second kappa shape index (κ2) is 6.89. The van der Waals surface area contributed by atoms with Crippen molar-refractivity contribution in [2.75, 3.05) is 0 Å². The van der Waals surface area contributed by atoms with Gasteiger partial charge in [0.25, 0.3) is 0 Å². The molecule has 0 heterocycles. The number of hydrogen-bond donors (Lipinski definition) is 0. The molecule has 114 valence electrons. The van der Waals surface area contributed by atoms with Gasteiger partial charge in [-0.25, -0.2) is 4.79 Å². The molecular weight excluding hydrogens is 280 g/mol. The molecule has 4 heteroatoms. The van der Waals surface area contributed by atoms with Gasteiger partial charge >= 0.3 is 5.97 Å². The molecule has 0 unspecified atom stereocenters. The van der Waals surface area contributed by atoms with Gasteiger partial charge in [0.05, 0.1) is 17.2 Å². The second-order valence-electron chi connectivity index (χ2n) is 5.13. The average Bonchev–Trinajstić information content (AvgIpc) is 2.47. The number of ketones is 1. The van der Waals surface area contributed by atoms with E-state index in [4.69, 9.17) is 9.47 Å². The number of carbonyl (C=O) groups is 2. The lowest BCUT2D eigenvalue weighted by Gasteiger charge is -2.10. The molecular formula is C18H18O4. The first-order valence-corrected chi connectivity index (χ1v) is 7.06. The van der Waals surface area contributed by atoms with E-state index < -0.39 is 5.97 Å². The van der Waals surface area contributed by atoms with Gasteiger partial charge in [0.1, 0.15) is 11.5 Å². The Bertz CT molecular complexity index is 672. The van der Waals surface area contributed by atoms with Crippen LogP contribution in [-0.2, 0) is 0 Å². The van der Waals surface area contributed by atoms with Gasteiger partial charge < -0.3 is 9.47 Å². The van der Waals surface area contributed by atoms with Crippen LogP contribution in [0.5, 0.6) is 11.5 Å². The van der Waals surface area contributed by atoms with Crippen LogP contribution in [0, 0.1) is 0 Å². The Labute approximate surface area is 129 Å². The van der Waals surface area contributed by atoms with Crippen molar-refractivity contribution in [3.05, 3.63) is 59.7 Å². The summed E-state index contributed by atoms with van der Waals surface area (Å²) in [6, 6.07) is 13.4. The van der Waals surface area contributed by atoms with Gasteiger partial charge in [-0.05, 0) is 57.2 Å². The minimum Gasteiger partial charge on any atom is -0.491 e. The highest BCUT2D eigenvalue weighted by Crippen LogP contribution is 2.21. The van der Waals surface area contributed by atoms with Crippen molar-refractivity contribution < 1.29 is 19.1 Å². The molecule has 0 saturated carbocycles. The van der Waals surface area contributed by atoms with E-state index in [0.717, 1.165) is 0 Å². The third-order valence-electron chi connectivity index (χ3n) is 2.93. The van der Waals surface area contributed by atoms with E-state index in [1.165, 1.54) is 6.92 Å². The number of esters is 1. The normalized spacial score (nSPS) is 10.4. The van der Waals surface area contributed by atoms with Gasteiger partial charge in [-0.1, -0.05) is 12.1 Å². The van der Waals surface area contributed by atoms with Crippen molar-refractivity contribution >= 4 is 11.8 Å². The summed E-state index contributed by atoms with van der Waals surface area (Å²) >= 11 is 0. The standard InChI is InChI=1S/C18H18O4/c1-12(2)21-15-10-8-14(9-11-15)18(20)22-17-7-5-4-6-16(17)13(3)19/h4-12H,1-3H3. The largest absolute Gasteiger partial charge is 0.491 e. The predicted molar refractivity (Wildman–Crippen MR) is 83.6 cm³/mol. The lowest BCUT2D eigenvalue weighted by atomic mass is 10.1. The third-order valence-corrected chi connectivity index (χ3v) is 2.93. The van der Waals surface area contributed by atoms with Gasteiger partial charge in [0, 0.05) is 0 Å². The maximum Gasteiger partial charge on any atom is 0.343 e. The Morgan fingerprint density at radius 1 is 0.955 bits per heavy atom. The molecule has 0 spiro atoms. The molecule has 4 nitrogen and oxygen atoms in total. The molecule has 0 fully saturated rings. The van der Waals surface area contributed by atoms with Crippen molar-refractivity contribution in [1.29, 1.82) is 0 Å². The first-order chi connectivity index (χ1) is 10.5. The first kappa shape index (κ1) is 15.8. The minimum atomic E-state index is -0.509. The number of Topliss-reactive ketones (excluding diaryl/α,β-unsaturated/α-hetero) is 1. The van der Waals surface area contributed by atoms with Crippen molar-refractivity contribution in [3.63, 3.8) is 0 Å². The zero-order chi connectivity index (χ0) is 16.1. The number of ether oxygens (including phenoxy) is 2. The Hall–Kier alpha value is -2.62. The van der Waals surface area contributed by atoms with Crippen molar-refractivity contribution in [2.24, 2.45) is 0 Å². The van der Waals surface area contributed by atoms with E-state index >= 15 is 0 Å². The fourth-order valence-electron chi connectivity index (χ4n) is 1.95. The number of para-hydroxylation sites is 1. The van der Waals surface area contributed by atoms with Gasteiger partial charge in [-0.2, -0.15) is 0 Å². The smallest absolute Gasteiger partial charge is 0.343 e. The highest BCUT2D eigenvalue weighted by molar-refractivity contribution is 5.99. The Kier molecular flexibility index (Phi) is 4.94. The Balaban J connectivity index is 2.14. The molecule has 0 aromatic heterocycles. The first-order valence-electron chi connectivity index (χ1n) is 7.06. The van der Waals surface area contributed by atoms with Gasteiger partial charge in [-0.3, -0.25) is 4.79 Å². The summed E-state index contributed by atoms with van der Waals surface area (Å²) in [5.41, 5.74) is 0.782. The monoisotopic (exact) mass is 298 g/mol. The molecule has 0 aliphatic heterocycles. The molecule has 0 saturated heterocycles. The Morgan fingerprint density at radius 2 is 1.59 bits per heavy atom. The molecule has 0 N–H and O–H groups in total. The predicted octanol–water partition coefficient (Wildman–Crippen LogP) is 3.90. The molecule has 0 atom stereocenters. The maximum absolute atomic E-state index is 12.1. The van der Waals surface area contributed by atoms with Crippen LogP contribution in [0.1, 0.15) is 41.5 Å². The van der Waals surface area contributed by atoms with E-state index in [-0.39, 0.29) is 17.6 Å². The van der Waals surface area contributed by atoms with Gasteiger partial charge in [-0.15, -0.1) is 0 Å². The van der Waals surface area contributed by atoms with Gasteiger partial charge in [0.15, 0.2) is 5.78 Å². The van der Waals surface area contributed by atoms with Crippen molar-refractivity contribution in [3.8, 4) is 11.5 Å². The molecule has 0 amide bonds. The molecule has 22 heavy (non-hydrogen) atoms. The summed E-state index contributed by atoms with van der Waals surface area (Å²) in [5, 5.41) is 0. The van der Waals surface area contributed by atoms with Crippen LogP contribution < -0.4 is 9.47 Å². The highest BCUT2D eigenvalue weighted by Gasteiger charge is 2.13. The minimum absolute atomic E-state index is 0.0697. The summed E-state index contributed by atoms with van der Waals surface area (Å²) in [6.07, 6.45) is 0.0697. The zero-order valence-corrected chi connectivity index (χ0v) is 12.8. The fraction of sp³-hybridized carbons (Fsp3) is 0.222. The lowest BCUT2D eigenvalue weighted by molar-refractivity contribution is 0.0733. The molecule has 2 rings (SSSR count). The summed E-state index contributed by atoms with van der Waals surface area (Å²) in [6.45, 7) is 5.30. The zero-order valence-electron chi connectivity index (χ0n) is 12.8. The molecule has 0 aliphatic carbocycles. The van der Waals surface area contributed by atoms with Crippen LogP contribution in [0.2, 0.25) is 0 Å². The Morgan fingerprint density at radius 3 is 2.18 bits per heavy atom. The van der Waals surface area contributed by atoms with E-state index in [1.807, 2.05) is 13.8 Å². The average molecular weight is 298 g/mol. The van der Waals surface area contributed by atoms with Crippen molar-refractivity contribution in [2.45, 2.75) is 26.9 Å². The van der Waals surface area contributed by atoms with E-state index in [1.54, 1.807) is 48.5 Å². The summed E-state index contributed by atoms with van der Waals surface area (Å²) in [7, 11) is 0. The lowest BCUT2D eigenvalue weighted by Crippen LogP contribution is -2.11. The van der Waals surface area contributed by atoms with E-state index in [2.05, 4.69) is 0 Å². The fourth-order valence-corrected chi connectivity index (χ4v) is 1.95. The molecule has 0 aliphatic rings. The number of benzene rings is 2. The van der Waals surface area contributed by atoms with Crippen LogP contribution in [0.3, 0.4) is 0 Å². The third kappa shape index (κ3) is 3.95. The van der Waals surface area contributed by atoms with E-state index in [0.29, 0.717) is 16.9 Å². The highest BCUT2D eigenvalue weighted by atomic mass is 16.5. The van der Waals surface area contributed by atoms with Crippen LogP contribution in [0.25, 0.3) is 0 Å². The molecule has 2 aromatic carbocycles.